The van der Waals surface area contributed by atoms with Crippen molar-refractivity contribution in [2.75, 3.05) is 0 Å². The highest BCUT2D eigenvalue weighted by Gasteiger charge is 2.47. The molecule has 0 saturated carbocycles. The Bertz CT molecular complexity index is 6570. The summed E-state index contributed by atoms with van der Waals surface area (Å²) >= 11 is 0. The topological polar surface area (TPSA) is 19.7 Å². The van der Waals surface area contributed by atoms with Crippen molar-refractivity contribution in [3.8, 4) is 33.9 Å². The van der Waals surface area contributed by atoms with E-state index in [0.29, 0.717) is 0 Å². The molecule has 1 aliphatic carbocycles. The largest absolute Gasteiger partial charge is 0.309 e. The van der Waals surface area contributed by atoms with Crippen LogP contribution in [0.1, 0.15) is 77.9 Å². The van der Waals surface area contributed by atoms with Crippen LogP contribution in [-0.4, -0.2) is 18.3 Å². The highest BCUT2D eigenvalue weighted by atomic mass is 15.0. The zero-order chi connectivity index (χ0) is 76.0. The third kappa shape index (κ3) is 12.6. The van der Waals surface area contributed by atoms with Crippen LogP contribution in [0.25, 0.3) is 121 Å². The minimum Gasteiger partial charge on any atom is -0.309 e. The lowest BCUT2D eigenvalue weighted by atomic mass is 9.66. The normalized spacial score (nSPS) is 11.9. The molecule has 4 heterocycles. The minimum absolute atomic E-state index is 0.273. The summed E-state index contributed by atoms with van der Waals surface area (Å²) in [5, 5.41) is 10.7. The summed E-state index contributed by atoms with van der Waals surface area (Å²) in [7, 11) is 0. The van der Waals surface area contributed by atoms with Gasteiger partial charge in [-0.05, 0) is 250 Å². The van der Waals surface area contributed by atoms with Crippen molar-refractivity contribution in [2.24, 2.45) is 0 Å². The van der Waals surface area contributed by atoms with Gasteiger partial charge in [-0.1, -0.05) is 272 Å². The Morgan fingerprint density at radius 3 is 1.03 bits per heavy atom. The molecule has 0 atom stereocenters. The lowest BCUT2D eigenvalue weighted by molar-refractivity contribution is 0.761. The number of aryl methyl sites for hydroxylation is 10. The van der Waals surface area contributed by atoms with Gasteiger partial charge in [0.25, 0.3) is 0 Å². The molecule has 16 aromatic carbocycles. The third-order valence-corrected chi connectivity index (χ3v) is 22.7. The van der Waals surface area contributed by atoms with Crippen molar-refractivity contribution in [3.63, 3.8) is 0 Å². The van der Waals surface area contributed by atoms with Gasteiger partial charge in [-0.25, -0.2) is 0 Å². The van der Waals surface area contributed by atoms with Crippen molar-refractivity contribution < 1.29 is 0 Å². The molecule has 0 bridgehead atoms. The van der Waals surface area contributed by atoms with Crippen LogP contribution in [0.2, 0.25) is 0 Å². The van der Waals surface area contributed by atoms with Gasteiger partial charge >= 0.3 is 0 Å². The standard InChI is InChI=1S/C27H22.4C20H17N/c1-19-17-18-20(2)26-25(19)23-15-9-10-16-24(23)27(26,21-11-5-3-6-12-21)22-13-7-4-8-14-22;1-14-8-7-13-18-19(14)17-12-6-9-15(2)20(17)21(18)16-10-4-3-5-11-16;1-14-8-6-12-17-19(14)20-15(2)9-7-13-18(20)21(17)16-10-4-3-5-11-16;1-14-8-10-19-17(12-14)18-13-15(2)9-11-20(18)21(19)16-6-4-3-5-7-16;1-14-8-10-17-18-11-9-15(2)13-20(18)21(19(17)12-14)16-6-4-3-5-7-16/h3-18H,1-2H3;4*3-13H,1-2H3. The molecule has 0 radical (unpaired) electrons. The van der Waals surface area contributed by atoms with Crippen LogP contribution < -0.4 is 0 Å². The highest BCUT2D eigenvalue weighted by molar-refractivity contribution is 6.14. The smallest absolute Gasteiger partial charge is 0.0716 e. The Morgan fingerprint density at radius 1 is 0.207 bits per heavy atom. The van der Waals surface area contributed by atoms with Crippen LogP contribution >= 0.6 is 0 Å². The number of fused-ring (bicyclic) bond motifs is 15. The molecule has 20 aromatic rings. The molecule has 0 amide bonds. The van der Waals surface area contributed by atoms with Crippen molar-refractivity contribution in [1.29, 1.82) is 0 Å². The Labute approximate surface area is 651 Å². The molecule has 4 nitrogen and oxygen atoms in total. The fraction of sp³-hybridized carbons (Fsp3) is 0.103. The Kier molecular flexibility index (Phi) is 18.9. The van der Waals surface area contributed by atoms with Gasteiger partial charge < -0.3 is 18.3 Å². The number of hydrogen-bond acceptors (Lipinski definition) is 0. The summed E-state index contributed by atoms with van der Waals surface area (Å²) in [6, 6.07) is 131. The number of rotatable bonds is 6. The summed E-state index contributed by atoms with van der Waals surface area (Å²) in [4.78, 5) is 0. The maximum Gasteiger partial charge on any atom is 0.0716 e. The second kappa shape index (κ2) is 29.7. The van der Waals surface area contributed by atoms with Crippen LogP contribution in [0, 0.1) is 69.2 Å². The zero-order valence-electron chi connectivity index (χ0n) is 64.9. The Balaban J connectivity index is 0.000000101. The van der Waals surface area contributed by atoms with E-state index in [9.17, 15) is 0 Å². The molecule has 4 heteroatoms. The number of benzene rings is 16. The summed E-state index contributed by atoms with van der Waals surface area (Å²) in [6.45, 7) is 21.9. The Morgan fingerprint density at radius 2 is 0.559 bits per heavy atom. The summed E-state index contributed by atoms with van der Waals surface area (Å²) in [5.41, 5.74) is 36.3. The van der Waals surface area contributed by atoms with Crippen LogP contribution in [0.3, 0.4) is 0 Å². The number of hydrogen-bond donors (Lipinski definition) is 0. The van der Waals surface area contributed by atoms with Gasteiger partial charge in [0.15, 0.2) is 0 Å². The first-order chi connectivity index (χ1) is 54.3. The first-order valence-electron chi connectivity index (χ1n) is 38.8. The molecule has 0 unspecified atom stereocenters. The molecule has 0 fully saturated rings. The fourth-order valence-electron chi connectivity index (χ4n) is 17.8. The van der Waals surface area contributed by atoms with Gasteiger partial charge in [0.1, 0.15) is 0 Å². The molecule has 4 aromatic heterocycles. The van der Waals surface area contributed by atoms with E-state index in [1.807, 2.05) is 0 Å². The number of nitrogens with zero attached hydrogens (tertiary/aromatic N) is 4. The second-order valence-corrected chi connectivity index (χ2v) is 30.1. The molecule has 111 heavy (non-hydrogen) atoms. The predicted octanol–water partition coefficient (Wildman–Crippen LogP) is 28.3. The number of para-hydroxylation sites is 5. The number of aromatic nitrogens is 4. The van der Waals surface area contributed by atoms with Gasteiger partial charge in [-0.3, -0.25) is 0 Å². The molecule has 0 N–H and O–H groups in total. The van der Waals surface area contributed by atoms with Crippen molar-refractivity contribution in [1.82, 2.24) is 18.3 Å². The second-order valence-electron chi connectivity index (χ2n) is 30.1. The maximum absolute atomic E-state index is 2.38. The quantitative estimate of drug-likeness (QED) is 0.158. The lowest BCUT2D eigenvalue weighted by Crippen LogP contribution is -2.29. The van der Waals surface area contributed by atoms with E-state index in [0.717, 1.165) is 0 Å². The van der Waals surface area contributed by atoms with Gasteiger partial charge in [-0.15, -0.1) is 0 Å². The van der Waals surface area contributed by atoms with Gasteiger partial charge in [0.2, 0.25) is 0 Å². The lowest BCUT2D eigenvalue weighted by Gasteiger charge is -2.35. The third-order valence-electron chi connectivity index (χ3n) is 22.7. The van der Waals surface area contributed by atoms with E-state index >= 15 is 0 Å². The van der Waals surface area contributed by atoms with Crippen molar-refractivity contribution in [2.45, 2.75) is 74.7 Å². The minimum atomic E-state index is -0.273. The Hall–Kier alpha value is -13.3. The SMILES string of the molecule is Cc1ccc(C)c2c1-c1ccccc1C2(c1ccccc1)c1ccccc1.Cc1ccc2c(c1)c1cc(C)ccc1n2-c1ccccc1.Cc1ccc2c3ccc(C)cc3n(-c3ccccc3)c2c1.Cc1cccc2c1c1c(C)cccc1n2-c1ccccc1.Cc1cccc2c1c1cccc(C)c1n2-c1ccccc1. The van der Waals surface area contributed by atoms with Crippen LogP contribution in [0.5, 0.6) is 0 Å². The molecule has 21 rings (SSSR count). The first-order valence-corrected chi connectivity index (χ1v) is 38.8. The van der Waals surface area contributed by atoms with E-state index in [4.69, 9.17) is 0 Å². The monoisotopic (exact) mass is 1430 g/mol. The first kappa shape index (κ1) is 70.7. The predicted molar refractivity (Wildman–Crippen MR) is 474 cm³/mol. The maximum atomic E-state index is 2.38. The van der Waals surface area contributed by atoms with Crippen LogP contribution in [0.15, 0.2) is 364 Å². The fourth-order valence-corrected chi connectivity index (χ4v) is 17.8. The van der Waals surface area contributed by atoms with Gasteiger partial charge in [0, 0.05) is 65.8 Å². The van der Waals surface area contributed by atoms with E-state index in [1.54, 1.807) is 0 Å². The summed E-state index contributed by atoms with van der Waals surface area (Å²) in [6.07, 6.45) is 0. The average Bonchev–Trinajstić information content (AvgIpc) is 1.53. The van der Waals surface area contributed by atoms with E-state index in [1.165, 1.54) is 199 Å². The van der Waals surface area contributed by atoms with E-state index in [2.05, 4.69) is 451 Å². The molecule has 0 spiro atoms. The van der Waals surface area contributed by atoms with Crippen molar-refractivity contribution in [3.05, 3.63) is 442 Å². The molecule has 0 saturated heterocycles. The molecule has 538 valence electrons. The highest BCUT2D eigenvalue weighted by Crippen LogP contribution is 2.58. The van der Waals surface area contributed by atoms with Gasteiger partial charge in [0.05, 0.1) is 49.5 Å². The van der Waals surface area contributed by atoms with E-state index in [-0.39, 0.29) is 5.41 Å². The summed E-state index contributed by atoms with van der Waals surface area (Å²) < 4.78 is 9.46. The molecule has 1 aliphatic rings. The van der Waals surface area contributed by atoms with Crippen LogP contribution in [0.4, 0.5) is 0 Å². The molecular weight excluding hydrogens is 1340 g/mol. The summed E-state index contributed by atoms with van der Waals surface area (Å²) in [5.74, 6) is 0. The molecule has 0 aliphatic heterocycles. The van der Waals surface area contributed by atoms with E-state index < -0.39 is 0 Å². The van der Waals surface area contributed by atoms with Crippen LogP contribution in [-0.2, 0) is 5.41 Å². The average molecular weight is 1430 g/mol. The zero-order valence-corrected chi connectivity index (χ0v) is 64.9. The van der Waals surface area contributed by atoms with Crippen molar-refractivity contribution >= 4 is 87.2 Å². The van der Waals surface area contributed by atoms with Gasteiger partial charge in [-0.2, -0.15) is 0 Å². The molecular formula is C107H90N4.